The molecule has 0 spiro atoms. The monoisotopic (exact) mass is 294 g/mol. The van der Waals surface area contributed by atoms with Gasteiger partial charge in [-0.2, -0.15) is 0 Å². The largest absolute Gasteiger partial charge is 0.479 e. The Morgan fingerprint density at radius 1 is 0.947 bits per heavy atom. The molecule has 116 valence electrons. The summed E-state index contributed by atoms with van der Waals surface area (Å²) in [5.74, 6) is -0.873. The van der Waals surface area contributed by atoms with Gasteiger partial charge in [0.2, 0.25) is 0 Å². The first-order chi connectivity index (χ1) is 8.68. The molecule has 0 aliphatic carbocycles. The summed E-state index contributed by atoms with van der Waals surface area (Å²) in [6.45, 7) is 4.40. The molecule has 3 nitrogen and oxygen atoms in total. The Balaban J connectivity index is 0. The first-order valence-electron chi connectivity index (χ1n) is 7.53. The maximum atomic E-state index is 10.5. The molecular weight excluding hydrogens is 264 g/mol. The van der Waals surface area contributed by atoms with E-state index in [0.29, 0.717) is 6.61 Å². The molecule has 1 N–H and O–H groups in total. The van der Waals surface area contributed by atoms with E-state index in [9.17, 15) is 4.79 Å². The molecule has 0 saturated carbocycles. The van der Waals surface area contributed by atoms with E-state index in [4.69, 9.17) is 9.84 Å². The average Bonchev–Trinajstić information content (AvgIpc) is 2.35. The van der Waals surface area contributed by atoms with Crippen LogP contribution in [0.15, 0.2) is 0 Å². The topological polar surface area (TPSA) is 46.5 Å². The Kier molecular flexibility index (Phi) is 17.5. The number of halogens is 1. The predicted octanol–water partition coefficient (Wildman–Crippen LogP) is 4.82. The molecule has 1 atom stereocenters. The van der Waals surface area contributed by atoms with Gasteiger partial charge in [0.15, 0.2) is 6.10 Å². The smallest absolute Gasteiger partial charge is 0.332 e. The Bertz CT molecular complexity index is 198. The van der Waals surface area contributed by atoms with Crippen LogP contribution >= 0.6 is 12.4 Å². The van der Waals surface area contributed by atoms with Crippen molar-refractivity contribution in [2.24, 2.45) is 0 Å². The summed E-state index contributed by atoms with van der Waals surface area (Å²) in [5, 5.41) is 8.62. The minimum absolute atomic E-state index is 0. The number of ether oxygens (including phenoxy) is 1. The van der Waals surface area contributed by atoms with E-state index in [-0.39, 0.29) is 12.4 Å². The Morgan fingerprint density at radius 2 is 1.37 bits per heavy atom. The summed E-state index contributed by atoms with van der Waals surface area (Å²) in [6.07, 6.45) is 12.2. The van der Waals surface area contributed by atoms with Crippen LogP contribution in [-0.4, -0.2) is 23.8 Å². The van der Waals surface area contributed by atoms with Gasteiger partial charge < -0.3 is 9.84 Å². The van der Waals surface area contributed by atoms with Crippen LogP contribution < -0.4 is 0 Å². The molecule has 1 unspecified atom stereocenters. The van der Waals surface area contributed by atoms with Crippen molar-refractivity contribution in [3.63, 3.8) is 0 Å². The normalized spacial score (nSPS) is 11.9. The number of carbonyl (C=O) groups is 1. The molecular formula is C15H31ClO3. The summed E-state index contributed by atoms with van der Waals surface area (Å²) in [7, 11) is 0. The lowest BCUT2D eigenvalue weighted by atomic mass is 10.1. The lowest BCUT2D eigenvalue weighted by Gasteiger charge is -2.07. The highest BCUT2D eigenvalue weighted by molar-refractivity contribution is 5.85. The van der Waals surface area contributed by atoms with Crippen molar-refractivity contribution in [1.82, 2.24) is 0 Å². The van der Waals surface area contributed by atoms with Crippen LogP contribution in [0.1, 0.15) is 78.1 Å². The highest BCUT2D eigenvalue weighted by Crippen LogP contribution is 2.10. The maximum absolute atomic E-state index is 10.5. The van der Waals surface area contributed by atoms with Gasteiger partial charge in [-0.1, -0.05) is 64.7 Å². The Morgan fingerprint density at radius 3 is 1.79 bits per heavy atom. The lowest BCUT2D eigenvalue weighted by Crippen LogP contribution is -2.20. The van der Waals surface area contributed by atoms with Crippen LogP contribution in [-0.2, 0) is 9.53 Å². The highest BCUT2D eigenvalue weighted by atomic mass is 35.5. The zero-order chi connectivity index (χ0) is 13.6. The van der Waals surface area contributed by atoms with Gasteiger partial charge >= 0.3 is 5.97 Å². The molecule has 0 aromatic carbocycles. The summed E-state index contributed by atoms with van der Waals surface area (Å²) >= 11 is 0. The Labute approximate surface area is 124 Å². The number of aliphatic carboxylic acids is 1. The summed E-state index contributed by atoms with van der Waals surface area (Å²) in [6, 6.07) is 0. The first kappa shape index (κ1) is 21.0. The van der Waals surface area contributed by atoms with E-state index in [1.807, 2.05) is 0 Å². The van der Waals surface area contributed by atoms with Crippen LogP contribution in [0, 0.1) is 0 Å². The number of hydrogen-bond donors (Lipinski definition) is 1. The minimum Gasteiger partial charge on any atom is -0.479 e. The van der Waals surface area contributed by atoms with Gasteiger partial charge in [0.05, 0.1) is 0 Å². The zero-order valence-electron chi connectivity index (χ0n) is 12.5. The van der Waals surface area contributed by atoms with Crippen LogP contribution in [0.2, 0.25) is 0 Å². The summed E-state index contributed by atoms with van der Waals surface area (Å²) in [5.41, 5.74) is 0. The van der Waals surface area contributed by atoms with Gasteiger partial charge in [-0.05, 0) is 13.3 Å². The zero-order valence-corrected chi connectivity index (χ0v) is 13.3. The molecule has 0 aliphatic rings. The molecule has 19 heavy (non-hydrogen) atoms. The van der Waals surface area contributed by atoms with E-state index in [1.165, 1.54) is 51.4 Å². The third kappa shape index (κ3) is 15.7. The van der Waals surface area contributed by atoms with Gasteiger partial charge in [0.1, 0.15) is 0 Å². The molecule has 0 amide bonds. The SMILES string of the molecule is CCCCCCCCCCCCOC(C)C(=O)O.Cl. The fourth-order valence-electron chi connectivity index (χ4n) is 1.92. The van der Waals surface area contributed by atoms with Crippen molar-refractivity contribution in [2.75, 3.05) is 6.61 Å². The fourth-order valence-corrected chi connectivity index (χ4v) is 1.92. The van der Waals surface area contributed by atoms with Crippen LogP contribution in [0.3, 0.4) is 0 Å². The summed E-state index contributed by atoms with van der Waals surface area (Å²) in [4.78, 5) is 10.5. The van der Waals surface area contributed by atoms with E-state index >= 15 is 0 Å². The van der Waals surface area contributed by atoms with Crippen LogP contribution in [0.5, 0.6) is 0 Å². The van der Waals surface area contributed by atoms with Gasteiger partial charge in [0, 0.05) is 6.61 Å². The van der Waals surface area contributed by atoms with E-state index in [1.54, 1.807) is 6.92 Å². The fraction of sp³-hybridized carbons (Fsp3) is 0.933. The van der Waals surface area contributed by atoms with Crippen molar-refractivity contribution in [3.05, 3.63) is 0 Å². The molecule has 0 saturated heterocycles. The second kappa shape index (κ2) is 15.8. The van der Waals surface area contributed by atoms with Crippen molar-refractivity contribution < 1.29 is 14.6 Å². The third-order valence-corrected chi connectivity index (χ3v) is 3.21. The van der Waals surface area contributed by atoms with E-state index < -0.39 is 12.1 Å². The van der Waals surface area contributed by atoms with Crippen LogP contribution in [0.4, 0.5) is 0 Å². The molecule has 0 rings (SSSR count). The Hall–Kier alpha value is -0.280. The number of unbranched alkanes of at least 4 members (excludes halogenated alkanes) is 9. The number of carboxylic acid groups (broad SMARTS) is 1. The van der Waals surface area contributed by atoms with E-state index in [2.05, 4.69) is 6.92 Å². The first-order valence-corrected chi connectivity index (χ1v) is 7.53. The van der Waals surface area contributed by atoms with Gasteiger partial charge in [-0.25, -0.2) is 4.79 Å². The molecule has 0 heterocycles. The van der Waals surface area contributed by atoms with Crippen LogP contribution in [0.25, 0.3) is 0 Å². The molecule has 0 fully saturated rings. The van der Waals surface area contributed by atoms with Gasteiger partial charge in [-0.15, -0.1) is 12.4 Å². The number of carboxylic acids is 1. The lowest BCUT2D eigenvalue weighted by molar-refractivity contribution is -0.149. The van der Waals surface area contributed by atoms with Crippen molar-refractivity contribution in [1.29, 1.82) is 0 Å². The molecule has 0 aliphatic heterocycles. The molecule has 4 heteroatoms. The van der Waals surface area contributed by atoms with Crippen molar-refractivity contribution >= 4 is 18.4 Å². The molecule has 0 aromatic heterocycles. The second-order valence-corrected chi connectivity index (χ2v) is 5.03. The summed E-state index contributed by atoms with van der Waals surface area (Å²) < 4.78 is 5.18. The van der Waals surface area contributed by atoms with Gasteiger partial charge in [0.25, 0.3) is 0 Å². The molecule has 0 aromatic rings. The second-order valence-electron chi connectivity index (χ2n) is 5.03. The molecule has 0 radical (unpaired) electrons. The number of hydrogen-bond acceptors (Lipinski definition) is 2. The highest BCUT2D eigenvalue weighted by Gasteiger charge is 2.09. The maximum Gasteiger partial charge on any atom is 0.332 e. The average molecular weight is 295 g/mol. The van der Waals surface area contributed by atoms with Crippen molar-refractivity contribution in [2.45, 2.75) is 84.2 Å². The predicted molar refractivity (Wildman–Crippen MR) is 82.1 cm³/mol. The standard InChI is InChI=1S/C15H30O3.ClH/c1-3-4-5-6-7-8-9-10-11-12-13-18-14(2)15(16)17;/h14H,3-13H2,1-2H3,(H,16,17);1H. The minimum atomic E-state index is -0.873. The van der Waals surface area contributed by atoms with Crippen molar-refractivity contribution in [3.8, 4) is 0 Å². The number of rotatable bonds is 13. The van der Waals surface area contributed by atoms with Gasteiger partial charge in [-0.3, -0.25) is 0 Å². The molecule has 0 bridgehead atoms. The van der Waals surface area contributed by atoms with E-state index in [0.717, 1.165) is 12.8 Å². The quantitative estimate of drug-likeness (QED) is 0.495. The third-order valence-electron chi connectivity index (χ3n) is 3.21.